The molecule has 0 aliphatic heterocycles. The minimum absolute atomic E-state index is 0.0540. The molecular formula is C17H22Cl2O3S. The van der Waals surface area contributed by atoms with Crippen molar-refractivity contribution in [1.82, 2.24) is 0 Å². The second-order valence-electron chi connectivity index (χ2n) is 5.20. The summed E-state index contributed by atoms with van der Waals surface area (Å²) in [5, 5.41) is 1.40. The number of methoxy groups -OCH3 is 1. The maximum atomic E-state index is 11.4. The Morgan fingerprint density at radius 3 is 2.61 bits per heavy atom. The van der Waals surface area contributed by atoms with Crippen molar-refractivity contribution in [3.8, 4) is 0 Å². The van der Waals surface area contributed by atoms with Crippen molar-refractivity contribution in [2.24, 2.45) is 0 Å². The Hall–Kier alpha value is -0.710. The largest absolute Gasteiger partial charge is 0.469 e. The molecule has 0 atom stereocenters. The number of thioether (sulfide) groups is 1. The van der Waals surface area contributed by atoms with Gasteiger partial charge < -0.3 is 4.74 Å². The zero-order valence-electron chi connectivity index (χ0n) is 13.3. The van der Waals surface area contributed by atoms with Crippen LogP contribution in [0.2, 0.25) is 10.0 Å². The fourth-order valence-electron chi connectivity index (χ4n) is 2.03. The van der Waals surface area contributed by atoms with Crippen LogP contribution in [0.4, 0.5) is 0 Å². The molecule has 1 aromatic carbocycles. The lowest BCUT2D eigenvalue weighted by Crippen LogP contribution is -2.09. The molecule has 1 rings (SSSR count). The van der Waals surface area contributed by atoms with Crippen LogP contribution in [0.3, 0.4) is 0 Å². The number of ketones is 1. The summed E-state index contributed by atoms with van der Waals surface area (Å²) in [7, 11) is 1.29. The highest BCUT2D eigenvalue weighted by Crippen LogP contribution is 2.22. The molecule has 128 valence electrons. The summed E-state index contributed by atoms with van der Waals surface area (Å²) in [4.78, 5) is 22.3. The molecule has 0 aromatic heterocycles. The highest BCUT2D eigenvalue weighted by atomic mass is 35.5. The van der Waals surface area contributed by atoms with E-state index in [9.17, 15) is 9.59 Å². The lowest BCUT2D eigenvalue weighted by atomic mass is 10.1. The molecule has 0 saturated heterocycles. The summed E-state index contributed by atoms with van der Waals surface area (Å²) in [6.07, 6.45) is 4.60. The van der Waals surface area contributed by atoms with E-state index < -0.39 is 5.97 Å². The fraction of sp³-hybridized carbons (Fsp3) is 0.529. The molecule has 3 nitrogen and oxygen atoms in total. The molecule has 0 aliphatic rings. The number of benzene rings is 1. The number of hydrogen-bond donors (Lipinski definition) is 0. The molecule has 23 heavy (non-hydrogen) atoms. The zero-order chi connectivity index (χ0) is 17.1. The first-order valence-corrected chi connectivity index (χ1v) is 9.54. The van der Waals surface area contributed by atoms with Crippen molar-refractivity contribution in [3.05, 3.63) is 33.8 Å². The third kappa shape index (κ3) is 9.23. The molecule has 0 heterocycles. The van der Waals surface area contributed by atoms with E-state index in [0.29, 0.717) is 11.4 Å². The van der Waals surface area contributed by atoms with Crippen LogP contribution in [0, 0.1) is 0 Å². The highest BCUT2D eigenvalue weighted by molar-refractivity contribution is 7.99. The van der Waals surface area contributed by atoms with Crippen LogP contribution in [0.25, 0.3) is 0 Å². The summed E-state index contributed by atoms with van der Waals surface area (Å²) in [5.74, 6) is 1.28. The number of rotatable bonds is 11. The first kappa shape index (κ1) is 20.3. The lowest BCUT2D eigenvalue weighted by Gasteiger charge is -2.05. The molecule has 0 spiro atoms. The normalized spacial score (nSPS) is 10.6. The van der Waals surface area contributed by atoms with Gasteiger partial charge in [0.25, 0.3) is 0 Å². The monoisotopic (exact) mass is 376 g/mol. The lowest BCUT2D eigenvalue weighted by molar-refractivity contribution is -0.143. The van der Waals surface area contributed by atoms with Gasteiger partial charge in [-0.1, -0.05) is 35.7 Å². The van der Waals surface area contributed by atoms with Crippen LogP contribution in [-0.4, -0.2) is 30.4 Å². The van der Waals surface area contributed by atoms with Gasteiger partial charge in [0.2, 0.25) is 0 Å². The third-order valence-corrected chi connectivity index (χ3v) is 5.00. The van der Waals surface area contributed by atoms with Gasteiger partial charge in [0.05, 0.1) is 7.11 Å². The Kier molecular flexibility index (Phi) is 10.4. The van der Waals surface area contributed by atoms with E-state index in [1.807, 2.05) is 12.1 Å². The molecule has 0 unspecified atom stereocenters. The van der Waals surface area contributed by atoms with Gasteiger partial charge in [-0.25, -0.2) is 0 Å². The average Bonchev–Trinajstić information content (AvgIpc) is 2.51. The van der Waals surface area contributed by atoms with Gasteiger partial charge in [-0.2, -0.15) is 11.8 Å². The van der Waals surface area contributed by atoms with E-state index in [4.69, 9.17) is 23.2 Å². The number of unbranched alkanes of at least 4 members (excludes halogenated alkanes) is 2. The Balaban J connectivity index is 2.01. The van der Waals surface area contributed by atoms with Gasteiger partial charge >= 0.3 is 5.97 Å². The van der Waals surface area contributed by atoms with E-state index in [-0.39, 0.29) is 12.2 Å². The molecule has 0 saturated carbocycles. The fourth-order valence-corrected chi connectivity index (χ4v) is 3.52. The van der Waals surface area contributed by atoms with Crippen LogP contribution in [0.15, 0.2) is 18.2 Å². The number of halogens is 2. The number of esters is 1. The summed E-state index contributed by atoms with van der Waals surface area (Å²) >= 11 is 13.8. The predicted molar refractivity (Wildman–Crippen MR) is 97.6 cm³/mol. The molecule has 0 aliphatic carbocycles. The zero-order valence-corrected chi connectivity index (χ0v) is 15.6. The summed E-state index contributed by atoms with van der Waals surface area (Å²) in [5.41, 5.74) is 1.14. The Labute approximate surface area is 152 Å². The van der Waals surface area contributed by atoms with Crippen LogP contribution in [-0.2, 0) is 20.7 Å². The van der Waals surface area contributed by atoms with Crippen molar-refractivity contribution in [2.45, 2.75) is 38.5 Å². The van der Waals surface area contributed by atoms with Crippen molar-refractivity contribution in [2.75, 3.05) is 18.6 Å². The number of ether oxygens (including phenoxy) is 1. The Morgan fingerprint density at radius 1 is 1.13 bits per heavy atom. The van der Waals surface area contributed by atoms with Gasteiger partial charge in [0.1, 0.15) is 12.2 Å². The van der Waals surface area contributed by atoms with E-state index in [0.717, 1.165) is 47.8 Å². The maximum absolute atomic E-state index is 11.4. The molecular weight excluding hydrogens is 355 g/mol. The van der Waals surface area contributed by atoms with Crippen LogP contribution >= 0.6 is 35.0 Å². The molecule has 0 bridgehead atoms. The van der Waals surface area contributed by atoms with E-state index >= 15 is 0 Å². The number of hydrogen-bond acceptors (Lipinski definition) is 4. The van der Waals surface area contributed by atoms with Gasteiger partial charge in [0, 0.05) is 22.2 Å². The summed E-state index contributed by atoms with van der Waals surface area (Å²) < 4.78 is 4.46. The predicted octanol–water partition coefficient (Wildman–Crippen LogP) is 4.96. The quantitative estimate of drug-likeness (QED) is 0.311. The minimum atomic E-state index is -0.458. The van der Waals surface area contributed by atoms with Crippen LogP contribution < -0.4 is 0 Å². The number of carbonyl (C=O) groups is 2. The first-order chi connectivity index (χ1) is 11.0. The van der Waals surface area contributed by atoms with Crippen molar-refractivity contribution in [1.29, 1.82) is 0 Å². The van der Waals surface area contributed by atoms with E-state index in [1.165, 1.54) is 7.11 Å². The molecule has 0 N–H and O–H groups in total. The van der Waals surface area contributed by atoms with Crippen molar-refractivity contribution in [3.63, 3.8) is 0 Å². The molecule has 0 radical (unpaired) electrons. The number of aryl methyl sites for hydroxylation is 1. The van der Waals surface area contributed by atoms with Gasteiger partial charge in [0.15, 0.2) is 0 Å². The SMILES string of the molecule is COC(=O)CC(=O)CCSCCCCCc1ccc(Cl)cc1Cl. The van der Waals surface area contributed by atoms with Crippen LogP contribution in [0.1, 0.15) is 37.7 Å². The smallest absolute Gasteiger partial charge is 0.313 e. The summed E-state index contributed by atoms with van der Waals surface area (Å²) in [6.45, 7) is 0. The Morgan fingerprint density at radius 2 is 1.91 bits per heavy atom. The third-order valence-electron chi connectivity index (χ3n) is 3.34. The molecule has 0 fully saturated rings. The number of carbonyl (C=O) groups excluding carboxylic acids is 2. The number of Topliss-reactive ketones (excluding diaryl/α,β-unsaturated/α-hetero) is 1. The van der Waals surface area contributed by atoms with Gasteiger partial charge in [-0.05, 0) is 42.7 Å². The average molecular weight is 377 g/mol. The second-order valence-corrected chi connectivity index (χ2v) is 7.27. The molecule has 6 heteroatoms. The maximum Gasteiger partial charge on any atom is 0.313 e. The van der Waals surface area contributed by atoms with Gasteiger partial charge in [-0.3, -0.25) is 9.59 Å². The standard InChI is InChI=1S/C17H22Cl2O3S/c1-22-17(21)12-15(20)8-10-23-9-4-2-3-5-13-6-7-14(18)11-16(13)19/h6-7,11H,2-5,8-10,12H2,1H3. The van der Waals surface area contributed by atoms with E-state index in [1.54, 1.807) is 17.8 Å². The summed E-state index contributed by atoms with van der Waals surface area (Å²) in [6, 6.07) is 5.62. The van der Waals surface area contributed by atoms with E-state index in [2.05, 4.69) is 4.74 Å². The first-order valence-electron chi connectivity index (χ1n) is 7.63. The topological polar surface area (TPSA) is 43.4 Å². The second kappa shape index (κ2) is 11.8. The minimum Gasteiger partial charge on any atom is -0.469 e. The van der Waals surface area contributed by atoms with Gasteiger partial charge in [-0.15, -0.1) is 0 Å². The van der Waals surface area contributed by atoms with Crippen molar-refractivity contribution >= 4 is 46.7 Å². The molecule has 0 amide bonds. The molecule has 1 aromatic rings. The Bertz CT molecular complexity index is 521. The van der Waals surface area contributed by atoms with Crippen LogP contribution in [0.5, 0.6) is 0 Å². The van der Waals surface area contributed by atoms with Crippen molar-refractivity contribution < 1.29 is 14.3 Å². The highest BCUT2D eigenvalue weighted by Gasteiger charge is 2.08.